The molecule has 0 unspecified atom stereocenters. The van der Waals surface area contributed by atoms with Crippen molar-refractivity contribution in [1.82, 2.24) is 9.97 Å². The van der Waals surface area contributed by atoms with E-state index in [4.69, 9.17) is 10.5 Å². The molecule has 0 radical (unpaired) electrons. The summed E-state index contributed by atoms with van der Waals surface area (Å²) in [7, 11) is 1.76. The molecule has 1 fully saturated rings. The summed E-state index contributed by atoms with van der Waals surface area (Å²) in [4.78, 5) is 8.07. The van der Waals surface area contributed by atoms with Crippen molar-refractivity contribution in [2.75, 3.05) is 43.2 Å². The molecule has 7 heteroatoms. The SMILES string of the molecule is CNc1cc(NCC2(O)CCOCC2)nc(N)n1. The second-order valence-electron chi connectivity index (χ2n) is 4.44. The van der Waals surface area contributed by atoms with Gasteiger partial charge in [-0.2, -0.15) is 9.97 Å². The quantitative estimate of drug-likeness (QED) is 0.601. The molecule has 0 aliphatic carbocycles. The summed E-state index contributed by atoms with van der Waals surface area (Å²) in [6.45, 7) is 1.60. The fourth-order valence-corrected chi connectivity index (χ4v) is 1.87. The van der Waals surface area contributed by atoms with E-state index in [1.54, 1.807) is 13.1 Å². The van der Waals surface area contributed by atoms with Crippen LogP contribution in [0.3, 0.4) is 0 Å². The van der Waals surface area contributed by atoms with Gasteiger partial charge in [-0.05, 0) is 0 Å². The highest BCUT2D eigenvalue weighted by atomic mass is 16.5. The van der Waals surface area contributed by atoms with Crippen molar-refractivity contribution >= 4 is 17.6 Å². The topological polar surface area (TPSA) is 105 Å². The normalized spacial score (nSPS) is 18.3. The second-order valence-corrected chi connectivity index (χ2v) is 4.44. The number of rotatable bonds is 4. The Balaban J connectivity index is 1.98. The smallest absolute Gasteiger partial charge is 0.223 e. The molecule has 1 aliphatic rings. The lowest BCUT2D eigenvalue weighted by atomic mass is 9.94. The van der Waals surface area contributed by atoms with Crippen LogP contribution in [0.25, 0.3) is 0 Å². The highest BCUT2D eigenvalue weighted by molar-refractivity contribution is 5.50. The first kappa shape index (κ1) is 12.8. The molecule has 1 aromatic heterocycles. The minimum atomic E-state index is -0.738. The number of hydrogen-bond donors (Lipinski definition) is 4. The summed E-state index contributed by atoms with van der Waals surface area (Å²) in [5, 5.41) is 16.3. The van der Waals surface area contributed by atoms with Crippen LogP contribution in [0.1, 0.15) is 12.8 Å². The number of anilines is 3. The first-order valence-corrected chi connectivity index (χ1v) is 5.98. The fourth-order valence-electron chi connectivity index (χ4n) is 1.87. The predicted octanol–water partition coefficient (Wildman–Crippen LogP) is 0.0539. The number of nitrogens with zero attached hydrogens (tertiary/aromatic N) is 2. The molecule has 0 saturated carbocycles. The summed E-state index contributed by atoms with van der Waals surface area (Å²) in [5.74, 6) is 1.44. The maximum Gasteiger partial charge on any atom is 0.223 e. The third-order valence-corrected chi connectivity index (χ3v) is 3.02. The third-order valence-electron chi connectivity index (χ3n) is 3.02. The average molecular weight is 253 g/mol. The lowest BCUT2D eigenvalue weighted by Gasteiger charge is -2.32. The molecule has 18 heavy (non-hydrogen) atoms. The molecule has 100 valence electrons. The Morgan fingerprint density at radius 1 is 1.39 bits per heavy atom. The third kappa shape index (κ3) is 3.21. The van der Waals surface area contributed by atoms with Crippen LogP contribution in [-0.2, 0) is 4.74 Å². The first-order chi connectivity index (χ1) is 8.61. The molecule has 2 rings (SSSR count). The van der Waals surface area contributed by atoms with Gasteiger partial charge in [0.2, 0.25) is 5.95 Å². The molecule has 0 amide bonds. The van der Waals surface area contributed by atoms with Gasteiger partial charge in [-0.25, -0.2) is 0 Å². The molecule has 0 spiro atoms. The van der Waals surface area contributed by atoms with Gasteiger partial charge >= 0.3 is 0 Å². The van der Waals surface area contributed by atoms with E-state index in [1.807, 2.05) is 0 Å². The number of nitrogen functional groups attached to an aromatic ring is 1. The van der Waals surface area contributed by atoms with E-state index >= 15 is 0 Å². The first-order valence-electron chi connectivity index (χ1n) is 5.98. The number of aromatic nitrogens is 2. The molecular weight excluding hydrogens is 234 g/mol. The molecule has 1 aliphatic heterocycles. The van der Waals surface area contributed by atoms with Gasteiger partial charge in [0.1, 0.15) is 11.6 Å². The summed E-state index contributed by atoms with van der Waals surface area (Å²) < 4.78 is 5.23. The van der Waals surface area contributed by atoms with E-state index in [0.717, 1.165) is 0 Å². The van der Waals surface area contributed by atoms with Gasteiger partial charge in [0.15, 0.2) is 0 Å². The summed E-state index contributed by atoms with van der Waals surface area (Å²) in [6.07, 6.45) is 1.25. The standard InChI is InChI=1S/C11H19N5O2/c1-13-8-6-9(16-10(12)15-8)14-7-11(17)2-4-18-5-3-11/h6,17H,2-5,7H2,1H3,(H4,12,13,14,15,16). The molecule has 2 heterocycles. The van der Waals surface area contributed by atoms with Crippen LogP contribution >= 0.6 is 0 Å². The van der Waals surface area contributed by atoms with E-state index in [1.165, 1.54) is 0 Å². The van der Waals surface area contributed by atoms with E-state index in [2.05, 4.69) is 20.6 Å². The number of hydrogen-bond acceptors (Lipinski definition) is 7. The molecule has 1 aromatic rings. The summed E-state index contributed by atoms with van der Waals surface area (Å²) in [5.41, 5.74) is 4.85. The molecule has 0 aromatic carbocycles. The van der Waals surface area contributed by atoms with Crippen LogP contribution < -0.4 is 16.4 Å². The van der Waals surface area contributed by atoms with Gasteiger partial charge in [0, 0.05) is 45.7 Å². The van der Waals surface area contributed by atoms with Crippen molar-refractivity contribution in [2.24, 2.45) is 0 Å². The van der Waals surface area contributed by atoms with Crippen molar-refractivity contribution in [3.63, 3.8) is 0 Å². The minimum Gasteiger partial charge on any atom is -0.388 e. The van der Waals surface area contributed by atoms with Gasteiger partial charge in [0.05, 0.1) is 5.60 Å². The second kappa shape index (κ2) is 5.36. The monoisotopic (exact) mass is 253 g/mol. The Morgan fingerprint density at radius 2 is 2.06 bits per heavy atom. The van der Waals surface area contributed by atoms with Crippen molar-refractivity contribution in [1.29, 1.82) is 0 Å². The zero-order valence-electron chi connectivity index (χ0n) is 10.4. The zero-order valence-corrected chi connectivity index (χ0v) is 10.4. The largest absolute Gasteiger partial charge is 0.388 e. The number of aliphatic hydroxyl groups is 1. The van der Waals surface area contributed by atoms with Gasteiger partial charge < -0.3 is 26.2 Å². The van der Waals surface area contributed by atoms with Gasteiger partial charge in [-0.1, -0.05) is 0 Å². The average Bonchev–Trinajstić information content (AvgIpc) is 2.37. The van der Waals surface area contributed by atoms with E-state index in [-0.39, 0.29) is 5.95 Å². The molecule has 0 atom stereocenters. The lowest BCUT2D eigenvalue weighted by Crippen LogP contribution is -2.42. The highest BCUT2D eigenvalue weighted by Crippen LogP contribution is 2.21. The van der Waals surface area contributed by atoms with Gasteiger partial charge in [-0.3, -0.25) is 0 Å². The summed E-state index contributed by atoms with van der Waals surface area (Å²) in [6, 6.07) is 1.75. The molecule has 5 N–H and O–H groups in total. The van der Waals surface area contributed by atoms with Crippen molar-refractivity contribution < 1.29 is 9.84 Å². The molecule has 1 saturated heterocycles. The van der Waals surface area contributed by atoms with Gasteiger partial charge in [-0.15, -0.1) is 0 Å². The fraction of sp³-hybridized carbons (Fsp3) is 0.636. The Bertz CT molecular complexity index is 406. The lowest BCUT2D eigenvalue weighted by molar-refractivity contribution is -0.0543. The number of nitrogens with one attached hydrogen (secondary N) is 2. The maximum absolute atomic E-state index is 10.3. The van der Waals surface area contributed by atoms with Crippen LogP contribution in [0.4, 0.5) is 17.6 Å². The molecule has 7 nitrogen and oxygen atoms in total. The summed E-state index contributed by atoms with van der Waals surface area (Å²) >= 11 is 0. The van der Waals surface area contributed by atoms with E-state index in [0.29, 0.717) is 44.2 Å². The Morgan fingerprint density at radius 3 is 2.72 bits per heavy atom. The van der Waals surface area contributed by atoms with Crippen LogP contribution in [0.2, 0.25) is 0 Å². The number of ether oxygens (including phenoxy) is 1. The number of nitrogens with two attached hydrogens (primary N) is 1. The molecule has 0 bridgehead atoms. The maximum atomic E-state index is 10.3. The van der Waals surface area contributed by atoms with Crippen molar-refractivity contribution in [3.05, 3.63) is 6.07 Å². The van der Waals surface area contributed by atoms with E-state index < -0.39 is 5.60 Å². The van der Waals surface area contributed by atoms with Gasteiger partial charge in [0.25, 0.3) is 0 Å². The van der Waals surface area contributed by atoms with Crippen molar-refractivity contribution in [3.8, 4) is 0 Å². The highest BCUT2D eigenvalue weighted by Gasteiger charge is 2.29. The van der Waals surface area contributed by atoms with E-state index in [9.17, 15) is 5.11 Å². The Labute approximate surface area is 106 Å². The minimum absolute atomic E-state index is 0.198. The Hall–Kier alpha value is -1.60. The van der Waals surface area contributed by atoms with Crippen LogP contribution in [0, 0.1) is 0 Å². The van der Waals surface area contributed by atoms with Crippen LogP contribution in [0.5, 0.6) is 0 Å². The Kier molecular flexibility index (Phi) is 3.83. The zero-order chi connectivity index (χ0) is 13.0. The predicted molar refractivity (Wildman–Crippen MR) is 69.5 cm³/mol. The van der Waals surface area contributed by atoms with Crippen molar-refractivity contribution in [2.45, 2.75) is 18.4 Å². The molecular formula is C11H19N5O2. The van der Waals surface area contributed by atoms with Crippen LogP contribution in [0.15, 0.2) is 6.07 Å². The van der Waals surface area contributed by atoms with Crippen LogP contribution in [-0.4, -0.2) is 47.5 Å².